The summed E-state index contributed by atoms with van der Waals surface area (Å²) in [6.45, 7) is 4.64. The smallest absolute Gasteiger partial charge is 0.323 e. The molecule has 0 aromatic heterocycles. The largest absolute Gasteiger partial charge is 0.480 e. The molecule has 1 aromatic rings. The van der Waals surface area contributed by atoms with Crippen LogP contribution < -0.4 is 0 Å². The monoisotopic (exact) mass is 429 g/mol. The van der Waals surface area contributed by atoms with Crippen LogP contribution in [0.5, 0.6) is 0 Å². The highest BCUT2D eigenvalue weighted by atomic mass is 16.6. The van der Waals surface area contributed by atoms with Crippen LogP contribution in [0.25, 0.3) is 0 Å². The van der Waals surface area contributed by atoms with Gasteiger partial charge in [0, 0.05) is 26.1 Å². The summed E-state index contributed by atoms with van der Waals surface area (Å²) in [6.07, 6.45) is 2.41. The quantitative estimate of drug-likeness (QED) is 0.612. The van der Waals surface area contributed by atoms with Crippen LogP contribution in [0.4, 0.5) is 0 Å². The van der Waals surface area contributed by atoms with Crippen molar-refractivity contribution in [3.63, 3.8) is 0 Å². The Balaban J connectivity index is 1.24. The van der Waals surface area contributed by atoms with Crippen molar-refractivity contribution in [2.24, 2.45) is 10.3 Å². The molecule has 10 nitrogen and oxygen atoms in total. The summed E-state index contributed by atoms with van der Waals surface area (Å²) in [5.41, 5.74) is 2.91. The number of amides is 1. The van der Waals surface area contributed by atoms with Gasteiger partial charge in [0.05, 0.1) is 44.8 Å². The molecular weight excluding hydrogens is 402 g/mol. The Hall–Kier alpha value is -2.98. The molecule has 10 heteroatoms. The lowest BCUT2D eigenvalue weighted by atomic mass is 10.0. The van der Waals surface area contributed by atoms with Crippen LogP contribution in [-0.2, 0) is 19.2 Å². The zero-order chi connectivity index (χ0) is 21.6. The summed E-state index contributed by atoms with van der Waals surface area (Å²) in [5, 5.41) is 19.6. The first-order valence-corrected chi connectivity index (χ1v) is 10.5. The van der Waals surface area contributed by atoms with Gasteiger partial charge in [-0.3, -0.25) is 19.5 Å². The number of ether oxygens (including phenoxy) is 1. The minimum Gasteiger partial charge on any atom is -0.480 e. The highest BCUT2D eigenvalue weighted by Crippen LogP contribution is 2.19. The van der Waals surface area contributed by atoms with E-state index in [-0.39, 0.29) is 25.1 Å². The number of carboxylic acid groups (broad SMARTS) is 1. The highest BCUT2D eigenvalue weighted by molar-refractivity contribution is 6.01. The number of carboxylic acids is 1. The molecule has 2 fully saturated rings. The Bertz CT molecular complexity index is 850. The summed E-state index contributed by atoms with van der Waals surface area (Å²) in [5.74, 6) is -1.15. The number of aliphatic carboxylic acids is 1. The van der Waals surface area contributed by atoms with E-state index in [0.717, 1.165) is 29.9 Å². The number of hydrogen-bond donors (Lipinski definition) is 1. The van der Waals surface area contributed by atoms with Crippen LogP contribution in [0.3, 0.4) is 0 Å². The van der Waals surface area contributed by atoms with Gasteiger partial charge in [-0.05, 0) is 11.1 Å². The van der Waals surface area contributed by atoms with E-state index in [0.29, 0.717) is 39.3 Å². The molecule has 3 aliphatic rings. The molecule has 1 amide bonds. The Morgan fingerprint density at radius 1 is 1.19 bits per heavy atom. The van der Waals surface area contributed by atoms with Gasteiger partial charge < -0.3 is 19.6 Å². The summed E-state index contributed by atoms with van der Waals surface area (Å²) in [7, 11) is 0. The summed E-state index contributed by atoms with van der Waals surface area (Å²) < 4.78 is 5.32. The Morgan fingerprint density at radius 3 is 2.68 bits per heavy atom. The SMILES string of the molecule is O=C(O)CN1CCN(CC2CC(c3ccc(C=NN4CCOCC4)cc3)=NO2)CC1=O. The maximum absolute atomic E-state index is 12.1. The molecular formula is C21H27N5O5. The number of oxime groups is 1. The summed E-state index contributed by atoms with van der Waals surface area (Å²) in [4.78, 5) is 31.9. The molecule has 31 heavy (non-hydrogen) atoms. The summed E-state index contributed by atoms with van der Waals surface area (Å²) >= 11 is 0. The predicted molar refractivity (Wildman–Crippen MR) is 113 cm³/mol. The highest BCUT2D eigenvalue weighted by Gasteiger charge is 2.30. The van der Waals surface area contributed by atoms with Gasteiger partial charge in [0.1, 0.15) is 12.6 Å². The lowest BCUT2D eigenvalue weighted by molar-refractivity contribution is -0.147. The van der Waals surface area contributed by atoms with Crippen molar-refractivity contribution in [3.8, 4) is 0 Å². The molecule has 0 spiro atoms. The number of hydrazone groups is 1. The third-order valence-corrected chi connectivity index (χ3v) is 5.52. The number of benzene rings is 1. The van der Waals surface area contributed by atoms with Crippen LogP contribution in [0, 0.1) is 0 Å². The first-order valence-electron chi connectivity index (χ1n) is 10.5. The Kier molecular flexibility index (Phi) is 6.78. The van der Waals surface area contributed by atoms with Crippen molar-refractivity contribution in [2.75, 3.05) is 59.0 Å². The average Bonchev–Trinajstić information content (AvgIpc) is 3.23. The molecule has 3 heterocycles. The number of rotatable bonds is 7. The van der Waals surface area contributed by atoms with Crippen molar-refractivity contribution in [1.82, 2.24) is 14.8 Å². The molecule has 4 rings (SSSR count). The molecule has 0 bridgehead atoms. The maximum atomic E-state index is 12.1. The van der Waals surface area contributed by atoms with E-state index in [2.05, 4.69) is 10.3 Å². The molecule has 166 valence electrons. The second-order valence-electron chi connectivity index (χ2n) is 7.85. The molecule has 1 aromatic carbocycles. The lowest BCUT2D eigenvalue weighted by Crippen LogP contribution is -2.53. The van der Waals surface area contributed by atoms with E-state index in [1.54, 1.807) is 0 Å². The first kappa shape index (κ1) is 21.3. The Morgan fingerprint density at radius 2 is 1.97 bits per heavy atom. The maximum Gasteiger partial charge on any atom is 0.323 e. The zero-order valence-electron chi connectivity index (χ0n) is 17.4. The van der Waals surface area contributed by atoms with E-state index in [1.807, 2.05) is 40.4 Å². The van der Waals surface area contributed by atoms with Crippen LogP contribution in [-0.4, -0.2) is 109 Å². The number of carbonyl (C=O) groups is 2. The molecule has 1 unspecified atom stereocenters. The minimum atomic E-state index is -0.989. The van der Waals surface area contributed by atoms with Gasteiger partial charge in [0.25, 0.3) is 0 Å². The van der Waals surface area contributed by atoms with Crippen molar-refractivity contribution >= 4 is 23.8 Å². The fourth-order valence-corrected chi connectivity index (χ4v) is 3.81. The van der Waals surface area contributed by atoms with Gasteiger partial charge in [-0.25, -0.2) is 0 Å². The van der Waals surface area contributed by atoms with E-state index < -0.39 is 5.97 Å². The number of nitrogens with zero attached hydrogens (tertiary/aromatic N) is 5. The van der Waals surface area contributed by atoms with Crippen molar-refractivity contribution < 1.29 is 24.3 Å². The van der Waals surface area contributed by atoms with E-state index in [4.69, 9.17) is 14.7 Å². The van der Waals surface area contributed by atoms with E-state index in [9.17, 15) is 9.59 Å². The first-order chi connectivity index (χ1) is 15.1. The van der Waals surface area contributed by atoms with Crippen LogP contribution in [0.1, 0.15) is 17.5 Å². The molecule has 1 atom stereocenters. The Labute approximate surface area is 180 Å². The lowest BCUT2D eigenvalue weighted by Gasteiger charge is -2.34. The van der Waals surface area contributed by atoms with E-state index in [1.165, 1.54) is 4.90 Å². The second-order valence-corrected chi connectivity index (χ2v) is 7.85. The van der Waals surface area contributed by atoms with Gasteiger partial charge in [-0.2, -0.15) is 5.10 Å². The average molecular weight is 429 g/mol. The fourth-order valence-electron chi connectivity index (χ4n) is 3.81. The fraction of sp³-hybridized carbons (Fsp3) is 0.524. The molecule has 3 aliphatic heterocycles. The zero-order valence-corrected chi connectivity index (χ0v) is 17.4. The minimum absolute atomic E-state index is 0.114. The number of hydrogen-bond acceptors (Lipinski definition) is 8. The van der Waals surface area contributed by atoms with Gasteiger partial charge in [-0.15, -0.1) is 0 Å². The van der Waals surface area contributed by atoms with Crippen molar-refractivity contribution in [1.29, 1.82) is 0 Å². The molecule has 2 saturated heterocycles. The van der Waals surface area contributed by atoms with Crippen LogP contribution in [0.15, 0.2) is 34.5 Å². The van der Waals surface area contributed by atoms with E-state index >= 15 is 0 Å². The van der Waals surface area contributed by atoms with Crippen molar-refractivity contribution in [2.45, 2.75) is 12.5 Å². The second kappa shape index (κ2) is 9.88. The molecule has 0 saturated carbocycles. The third kappa shape index (κ3) is 5.80. The number of piperazine rings is 1. The predicted octanol–water partition coefficient (Wildman–Crippen LogP) is 0.0745. The van der Waals surface area contributed by atoms with Crippen LogP contribution >= 0.6 is 0 Å². The molecule has 0 aliphatic carbocycles. The third-order valence-electron chi connectivity index (χ3n) is 5.52. The van der Waals surface area contributed by atoms with Gasteiger partial charge >= 0.3 is 5.97 Å². The topological polar surface area (TPSA) is 107 Å². The molecule has 1 N–H and O–H groups in total. The van der Waals surface area contributed by atoms with Gasteiger partial charge in [0.15, 0.2) is 0 Å². The standard InChI is InChI=1S/C21H27N5O5/c27-20-14-24(5-6-25(20)15-21(28)29)13-18-11-19(23-31-18)17-3-1-16(2-4-17)12-22-26-7-9-30-10-8-26/h1-4,12,18H,5-11,13-15H2,(H,28,29). The number of carbonyl (C=O) groups excluding carboxylic acids is 1. The van der Waals surface area contributed by atoms with Gasteiger partial charge in [0.2, 0.25) is 5.91 Å². The van der Waals surface area contributed by atoms with Crippen molar-refractivity contribution in [3.05, 3.63) is 35.4 Å². The van der Waals surface area contributed by atoms with Gasteiger partial charge in [-0.1, -0.05) is 29.4 Å². The summed E-state index contributed by atoms with van der Waals surface area (Å²) in [6, 6.07) is 8.05. The van der Waals surface area contributed by atoms with Crippen LogP contribution in [0.2, 0.25) is 0 Å². The normalized spacial score (nSPS) is 22.6. The number of morpholine rings is 1. The molecule has 0 radical (unpaired) electrons.